The van der Waals surface area contributed by atoms with Gasteiger partial charge in [-0.25, -0.2) is 14.4 Å². The van der Waals surface area contributed by atoms with Gasteiger partial charge in [-0.15, -0.1) is 0 Å². The molecule has 0 spiro atoms. The van der Waals surface area contributed by atoms with Crippen molar-refractivity contribution in [3.05, 3.63) is 76.2 Å². The molecule has 188 valence electrons. The number of hydrogen-bond donors (Lipinski definition) is 2. The number of nitrogens with one attached hydrogen (secondary N) is 2. The molecule has 0 bridgehead atoms. The fraction of sp³-hybridized carbons (Fsp3) is 0.231. The standard InChI is InChI=1S/C26H26N2O8/c1-4-34-26(32)28-19-8-11-21-18(13-24(30)36-22(21)14-19)15-35-25(31)16(2)27-23(29)12-7-17-5-9-20(33-3)10-6-17/h5-14,16H,4,15H2,1-3H3,(H,27,29)(H,28,32)/t16-/m0/s1. The van der Waals surface area contributed by atoms with Gasteiger partial charge in [-0.05, 0) is 49.8 Å². The van der Waals surface area contributed by atoms with E-state index in [0.717, 1.165) is 5.56 Å². The smallest absolute Gasteiger partial charge is 0.411 e. The fourth-order valence-electron chi connectivity index (χ4n) is 3.19. The molecule has 0 unspecified atom stereocenters. The molecular formula is C26H26N2O8. The Morgan fingerprint density at radius 3 is 2.50 bits per heavy atom. The number of methoxy groups -OCH3 is 1. The molecule has 36 heavy (non-hydrogen) atoms. The number of ether oxygens (including phenoxy) is 3. The monoisotopic (exact) mass is 494 g/mol. The molecule has 1 atom stereocenters. The van der Waals surface area contributed by atoms with Crippen LogP contribution in [0.15, 0.2) is 63.8 Å². The molecule has 2 N–H and O–H groups in total. The third-order valence-corrected chi connectivity index (χ3v) is 4.98. The highest BCUT2D eigenvalue weighted by molar-refractivity contribution is 5.94. The lowest BCUT2D eigenvalue weighted by atomic mass is 10.1. The summed E-state index contributed by atoms with van der Waals surface area (Å²) in [6.45, 7) is 3.17. The second kappa shape index (κ2) is 12.2. The lowest BCUT2D eigenvalue weighted by Crippen LogP contribution is -2.38. The second-order valence-corrected chi connectivity index (χ2v) is 7.59. The number of benzene rings is 2. The third-order valence-electron chi connectivity index (χ3n) is 4.98. The van der Waals surface area contributed by atoms with Crippen LogP contribution in [-0.4, -0.2) is 37.7 Å². The Hall–Kier alpha value is -4.60. The molecule has 3 aromatic rings. The molecule has 0 saturated heterocycles. The quantitative estimate of drug-likeness (QED) is 0.262. The van der Waals surface area contributed by atoms with Gasteiger partial charge in [0, 0.05) is 34.8 Å². The summed E-state index contributed by atoms with van der Waals surface area (Å²) in [4.78, 5) is 48.2. The zero-order chi connectivity index (χ0) is 26.1. The van der Waals surface area contributed by atoms with Crippen molar-refractivity contribution in [1.82, 2.24) is 5.32 Å². The first kappa shape index (κ1) is 26.0. The van der Waals surface area contributed by atoms with Crippen molar-refractivity contribution in [3.63, 3.8) is 0 Å². The number of hydrogen-bond acceptors (Lipinski definition) is 8. The number of anilines is 1. The molecule has 0 radical (unpaired) electrons. The maximum Gasteiger partial charge on any atom is 0.411 e. The third kappa shape index (κ3) is 7.20. The minimum Gasteiger partial charge on any atom is -0.497 e. The first-order valence-electron chi connectivity index (χ1n) is 11.1. The Morgan fingerprint density at radius 1 is 1.06 bits per heavy atom. The minimum absolute atomic E-state index is 0.202. The van der Waals surface area contributed by atoms with E-state index in [1.807, 2.05) is 0 Å². The summed E-state index contributed by atoms with van der Waals surface area (Å²) >= 11 is 0. The summed E-state index contributed by atoms with van der Waals surface area (Å²) in [6, 6.07) is 12.1. The Morgan fingerprint density at radius 2 is 1.81 bits per heavy atom. The Labute approximate surface area is 206 Å². The summed E-state index contributed by atoms with van der Waals surface area (Å²) in [5.74, 6) is -0.448. The van der Waals surface area contributed by atoms with Crippen LogP contribution >= 0.6 is 0 Å². The van der Waals surface area contributed by atoms with Gasteiger partial charge in [-0.2, -0.15) is 0 Å². The zero-order valence-electron chi connectivity index (χ0n) is 20.0. The van der Waals surface area contributed by atoms with E-state index in [9.17, 15) is 19.2 Å². The van der Waals surface area contributed by atoms with Gasteiger partial charge in [0.25, 0.3) is 0 Å². The normalized spacial score (nSPS) is 11.6. The van der Waals surface area contributed by atoms with E-state index in [1.165, 1.54) is 25.1 Å². The van der Waals surface area contributed by atoms with Gasteiger partial charge in [-0.1, -0.05) is 12.1 Å². The highest BCUT2D eigenvalue weighted by Gasteiger charge is 2.17. The van der Waals surface area contributed by atoms with Crippen molar-refractivity contribution in [2.24, 2.45) is 0 Å². The molecule has 10 heteroatoms. The molecular weight excluding hydrogens is 468 g/mol. The van der Waals surface area contributed by atoms with Crippen LogP contribution in [0.2, 0.25) is 0 Å². The maximum absolute atomic E-state index is 12.4. The second-order valence-electron chi connectivity index (χ2n) is 7.59. The topological polar surface area (TPSA) is 133 Å². The molecule has 2 amide bonds. The average molecular weight is 495 g/mol. The number of amides is 2. The summed E-state index contributed by atoms with van der Waals surface area (Å²) in [6.07, 6.45) is 2.27. The molecule has 2 aromatic carbocycles. The van der Waals surface area contributed by atoms with Crippen LogP contribution < -0.4 is 21.0 Å². The van der Waals surface area contributed by atoms with Crippen molar-refractivity contribution < 1.29 is 33.0 Å². The first-order chi connectivity index (χ1) is 17.3. The van der Waals surface area contributed by atoms with E-state index in [0.29, 0.717) is 22.4 Å². The van der Waals surface area contributed by atoms with Gasteiger partial charge in [0.1, 0.15) is 24.0 Å². The van der Waals surface area contributed by atoms with E-state index in [2.05, 4.69) is 10.6 Å². The fourth-order valence-corrected chi connectivity index (χ4v) is 3.19. The van der Waals surface area contributed by atoms with Crippen LogP contribution in [0, 0.1) is 0 Å². The summed E-state index contributed by atoms with van der Waals surface area (Å²) < 4.78 is 20.4. The molecule has 3 rings (SSSR count). The first-order valence-corrected chi connectivity index (χ1v) is 11.1. The molecule has 10 nitrogen and oxygen atoms in total. The summed E-state index contributed by atoms with van der Waals surface area (Å²) in [5, 5.41) is 5.58. The molecule has 0 fully saturated rings. The van der Waals surface area contributed by atoms with Crippen LogP contribution in [-0.2, 0) is 25.7 Å². The van der Waals surface area contributed by atoms with Crippen LogP contribution in [0.3, 0.4) is 0 Å². The summed E-state index contributed by atoms with van der Waals surface area (Å²) in [7, 11) is 1.57. The SMILES string of the molecule is CCOC(=O)Nc1ccc2c(COC(=O)[C@H](C)NC(=O)C=Cc3ccc(OC)cc3)cc(=O)oc2c1. The van der Waals surface area contributed by atoms with Gasteiger partial charge in [0.15, 0.2) is 0 Å². The number of rotatable bonds is 9. The predicted molar refractivity (Wildman–Crippen MR) is 133 cm³/mol. The van der Waals surface area contributed by atoms with Gasteiger partial charge in [0.05, 0.1) is 13.7 Å². The van der Waals surface area contributed by atoms with E-state index in [-0.39, 0.29) is 18.8 Å². The van der Waals surface area contributed by atoms with Crippen LogP contribution in [0.1, 0.15) is 25.0 Å². The Kier molecular flexibility index (Phi) is 8.82. The number of fused-ring (bicyclic) bond motifs is 1. The van der Waals surface area contributed by atoms with Gasteiger partial charge >= 0.3 is 17.7 Å². The molecule has 0 saturated carbocycles. The van der Waals surface area contributed by atoms with E-state index >= 15 is 0 Å². The Bertz CT molecular complexity index is 1330. The maximum atomic E-state index is 12.4. The number of esters is 1. The lowest BCUT2D eigenvalue weighted by Gasteiger charge is -2.13. The van der Waals surface area contributed by atoms with Crippen LogP contribution in [0.4, 0.5) is 10.5 Å². The van der Waals surface area contributed by atoms with Crippen molar-refractivity contribution in [2.45, 2.75) is 26.5 Å². The number of carbonyl (C=O) groups is 3. The minimum atomic E-state index is -0.926. The van der Waals surface area contributed by atoms with Gasteiger partial charge in [-0.3, -0.25) is 10.1 Å². The van der Waals surface area contributed by atoms with Crippen molar-refractivity contribution >= 4 is 40.7 Å². The average Bonchev–Trinajstić information content (AvgIpc) is 2.85. The van der Waals surface area contributed by atoms with E-state index < -0.39 is 29.6 Å². The van der Waals surface area contributed by atoms with Gasteiger partial charge in [0.2, 0.25) is 5.91 Å². The molecule has 1 aromatic heterocycles. The molecule has 1 heterocycles. The number of carbonyl (C=O) groups excluding carboxylic acids is 3. The molecule has 0 aliphatic heterocycles. The molecule has 0 aliphatic carbocycles. The largest absolute Gasteiger partial charge is 0.497 e. The summed E-state index contributed by atoms with van der Waals surface area (Å²) in [5.41, 5.74) is 1.13. The van der Waals surface area contributed by atoms with E-state index in [1.54, 1.807) is 56.5 Å². The highest BCUT2D eigenvalue weighted by atomic mass is 16.5. The van der Waals surface area contributed by atoms with Crippen molar-refractivity contribution in [1.29, 1.82) is 0 Å². The van der Waals surface area contributed by atoms with Crippen LogP contribution in [0.25, 0.3) is 17.0 Å². The van der Waals surface area contributed by atoms with Gasteiger partial charge < -0.3 is 23.9 Å². The predicted octanol–water partition coefficient (Wildman–Crippen LogP) is 3.63. The van der Waals surface area contributed by atoms with Crippen LogP contribution in [0.5, 0.6) is 5.75 Å². The van der Waals surface area contributed by atoms with E-state index in [4.69, 9.17) is 18.6 Å². The highest BCUT2D eigenvalue weighted by Crippen LogP contribution is 2.22. The lowest BCUT2D eigenvalue weighted by molar-refractivity contribution is -0.148. The molecule has 0 aliphatic rings. The van der Waals surface area contributed by atoms with Crippen molar-refractivity contribution in [2.75, 3.05) is 19.0 Å². The van der Waals surface area contributed by atoms with Crippen molar-refractivity contribution in [3.8, 4) is 5.75 Å². The zero-order valence-corrected chi connectivity index (χ0v) is 20.0. The Balaban J connectivity index is 1.60.